The number of ether oxygens (including phenoxy) is 1. The molecule has 0 saturated carbocycles. The highest BCUT2D eigenvalue weighted by molar-refractivity contribution is 7.89. The number of carboxylic acid groups (broad SMARTS) is 1. The number of methoxy groups -OCH3 is 1. The van der Waals surface area contributed by atoms with Crippen LogP contribution < -0.4 is 4.72 Å². The van der Waals surface area contributed by atoms with Crippen LogP contribution in [0.15, 0.2) is 9.31 Å². The Morgan fingerprint density at radius 3 is 2.43 bits per heavy atom. The fraction of sp³-hybridized carbons (Fsp3) is 0.500. The molecule has 0 fully saturated rings. The monoisotopic (exact) mass is 319 g/mol. The second-order valence-corrected chi connectivity index (χ2v) is 6.01. The minimum Gasteiger partial charge on any atom is -0.481 e. The van der Waals surface area contributed by atoms with Gasteiger partial charge < -0.3 is 14.3 Å². The van der Waals surface area contributed by atoms with E-state index >= 15 is 0 Å². The van der Waals surface area contributed by atoms with Gasteiger partial charge in [-0.15, -0.1) is 0 Å². The topological polar surface area (TPSA) is 123 Å². The van der Waals surface area contributed by atoms with Crippen LogP contribution in [0.4, 0.5) is 0 Å². The van der Waals surface area contributed by atoms with Crippen LogP contribution in [0.3, 0.4) is 0 Å². The number of hydrogen-bond donors (Lipinski definition) is 2. The maximum absolute atomic E-state index is 12.2. The van der Waals surface area contributed by atoms with Crippen molar-refractivity contribution in [3.05, 3.63) is 17.1 Å². The van der Waals surface area contributed by atoms with Crippen LogP contribution >= 0.6 is 0 Å². The fourth-order valence-corrected chi connectivity index (χ4v) is 3.32. The van der Waals surface area contributed by atoms with Crippen molar-refractivity contribution in [2.45, 2.75) is 31.6 Å². The first-order valence-electron chi connectivity index (χ1n) is 6.10. The van der Waals surface area contributed by atoms with Gasteiger partial charge in [-0.25, -0.2) is 17.9 Å². The molecule has 0 amide bonds. The van der Waals surface area contributed by atoms with Crippen molar-refractivity contribution in [3.8, 4) is 0 Å². The van der Waals surface area contributed by atoms with E-state index < -0.39 is 22.0 Å². The molecule has 1 aromatic rings. The van der Waals surface area contributed by atoms with Crippen molar-refractivity contribution in [2.24, 2.45) is 0 Å². The summed E-state index contributed by atoms with van der Waals surface area (Å²) in [5, 5.41) is 8.50. The summed E-state index contributed by atoms with van der Waals surface area (Å²) < 4.78 is 36.4. The van der Waals surface area contributed by atoms with Crippen LogP contribution in [0, 0.1) is 13.8 Å². The molecule has 0 spiro atoms. The molecule has 0 aromatic carbocycles. The Morgan fingerprint density at radius 1 is 1.29 bits per heavy atom. The zero-order valence-electron chi connectivity index (χ0n) is 11.9. The van der Waals surface area contributed by atoms with Gasteiger partial charge in [-0.05, 0) is 20.3 Å². The van der Waals surface area contributed by atoms with Gasteiger partial charge in [0, 0.05) is 13.0 Å². The van der Waals surface area contributed by atoms with E-state index in [1.54, 1.807) is 0 Å². The molecule has 0 saturated heterocycles. The molecule has 0 atom stereocenters. The van der Waals surface area contributed by atoms with Gasteiger partial charge in [0.2, 0.25) is 10.0 Å². The van der Waals surface area contributed by atoms with Gasteiger partial charge in [0.1, 0.15) is 22.0 Å². The Bertz CT molecular complexity index is 645. The summed E-state index contributed by atoms with van der Waals surface area (Å²) in [5.41, 5.74) is -0.152. The van der Waals surface area contributed by atoms with Crippen molar-refractivity contribution < 1.29 is 32.3 Å². The number of carbonyl (C=O) groups is 2. The Balaban J connectivity index is 3.03. The molecule has 1 aromatic heterocycles. The predicted octanol–water partition coefficient (Wildman–Crippen LogP) is 0.826. The normalized spacial score (nSPS) is 11.4. The first kappa shape index (κ1) is 17.2. The molecule has 0 unspecified atom stereocenters. The molecule has 118 valence electrons. The number of hydrogen-bond acceptors (Lipinski definition) is 6. The molecule has 0 radical (unpaired) electrons. The van der Waals surface area contributed by atoms with Crippen molar-refractivity contribution >= 4 is 22.0 Å². The van der Waals surface area contributed by atoms with Gasteiger partial charge in [0.05, 0.1) is 7.11 Å². The zero-order valence-corrected chi connectivity index (χ0v) is 12.7. The Labute approximate surface area is 122 Å². The number of furan rings is 1. The van der Waals surface area contributed by atoms with Crippen LogP contribution in [0.2, 0.25) is 0 Å². The minimum atomic E-state index is -3.99. The van der Waals surface area contributed by atoms with E-state index in [9.17, 15) is 18.0 Å². The lowest BCUT2D eigenvalue weighted by Crippen LogP contribution is -2.27. The summed E-state index contributed by atoms with van der Waals surface area (Å²) >= 11 is 0. The summed E-state index contributed by atoms with van der Waals surface area (Å²) in [6, 6.07) is 0. The SMILES string of the molecule is COC(=O)c1c(C)oc(C)c1S(=O)(=O)NCCCC(=O)O. The molecule has 8 nitrogen and oxygen atoms in total. The number of nitrogens with one attached hydrogen (secondary N) is 1. The average Bonchev–Trinajstić information content (AvgIpc) is 2.69. The van der Waals surface area contributed by atoms with Crippen LogP contribution in [0.5, 0.6) is 0 Å². The van der Waals surface area contributed by atoms with Crippen molar-refractivity contribution in [1.82, 2.24) is 4.72 Å². The van der Waals surface area contributed by atoms with Gasteiger partial charge in [0.15, 0.2) is 0 Å². The minimum absolute atomic E-state index is 0.0566. The van der Waals surface area contributed by atoms with Crippen LogP contribution in [0.25, 0.3) is 0 Å². The summed E-state index contributed by atoms with van der Waals surface area (Å²) in [6.45, 7) is 2.83. The smallest absolute Gasteiger partial charge is 0.342 e. The molecule has 0 aliphatic heterocycles. The molecule has 1 rings (SSSR count). The summed E-state index contributed by atoms with van der Waals surface area (Å²) in [6.07, 6.45) is -0.0201. The van der Waals surface area contributed by atoms with E-state index in [0.29, 0.717) is 0 Å². The van der Waals surface area contributed by atoms with Crippen LogP contribution in [-0.2, 0) is 19.6 Å². The highest BCUT2D eigenvalue weighted by atomic mass is 32.2. The molecule has 0 aliphatic carbocycles. The lowest BCUT2D eigenvalue weighted by molar-refractivity contribution is -0.137. The average molecular weight is 319 g/mol. The lowest BCUT2D eigenvalue weighted by Gasteiger charge is -2.07. The standard InChI is InChI=1S/C12H17NO7S/c1-7-10(12(16)19-3)11(8(2)20-7)21(17,18)13-6-4-5-9(14)15/h13H,4-6H2,1-3H3,(H,14,15). The fourth-order valence-electron chi connectivity index (χ4n) is 1.84. The zero-order chi connectivity index (χ0) is 16.2. The first-order valence-corrected chi connectivity index (χ1v) is 7.58. The molecular formula is C12H17NO7S. The second-order valence-electron chi connectivity index (χ2n) is 4.31. The third-order valence-corrected chi connectivity index (χ3v) is 4.34. The molecule has 0 aliphatic rings. The lowest BCUT2D eigenvalue weighted by atomic mass is 10.2. The predicted molar refractivity (Wildman–Crippen MR) is 71.6 cm³/mol. The number of carbonyl (C=O) groups excluding carboxylic acids is 1. The Hall–Kier alpha value is -1.87. The molecule has 9 heteroatoms. The largest absolute Gasteiger partial charge is 0.481 e. The van der Waals surface area contributed by atoms with E-state index in [4.69, 9.17) is 9.52 Å². The quantitative estimate of drug-likeness (QED) is 0.563. The molecule has 1 heterocycles. The van der Waals surface area contributed by atoms with Crippen LogP contribution in [0.1, 0.15) is 34.7 Å². The number of aliphatic carboxylic acids is 1. The second kappa shape index (κ2) is 6.72. The molecule has 0 bridgehead atoms. The van der Waals surface area contributed by atoms with Gasteiger partial charge in [-0.1, -0.05) is 0 Å². The van der Waals surface area contributed by atoms with E-state index in [1.807, 2.05) is 0 Å². The highest BCUT2D eigenvalue weighted by Gasteiger charge is 2.31. The third kappa shape index (κ3) is 4.05. The van der Waals surface area contributed by atoms with E-state index in [1.165, 1.54) is 13.8 Å². The number of carboxylic acids is 1. The van der Waals surface area contributed by atoms with Gasteiger partial charge in [0.25, 0.3) is 0 Å². The van der Waals surface area contributed by atoms with Gasteiger partial charge >= 0.3 is 11.9 Å². The number of rotatable bonds is 7. The number of sulfonamides is 1. The maximum atomic E-state index is 12.2. The van der Waals surface area contributed by atoms with Gasteiger partial charge in [-0.3, -0.25) is 4.79 Å². The van der Waals surface area contributed by atoms with Crippen molar-refractivity contribution in [3.63, 3.8) is 0 Å². The van der Waals surface area contributed by atoms with Crippen LogP contribution in [-0.4, -0.2) is 39.1 Å². The maximum Gasteiger partial charge on any atom is 0.342 e. The van der Waals surface area contributed by atoms with Crippen molar-refractivity contribution in [1.29, 1.82) is 0 Å². The first-order chi connectivity index (χ1) is 9.70. The Morgan fingerprint density at radius 2 is 1.90 bits per heavy atom. The molecule has 21 heavy (non-hydrogen) atoms. The highest BCUT2D eigenvalue weighted by Crippen LogP contribution is 2.27. The number of esters is 1. The number of aryl methyl sites for hydroxylation is 2. The molecular weight excluding hydrogens is 302 g/mol. The summed E-state index contributed by atoms with van der Waals surface area (Å²) in [4.78, 5) is 21.8. The molecule has 2 N–H and O–H groups in total. The summed E-state index contributed by atoms with van der Waals surface area (Å²) in [7, 11) is -2.85. The summed E-state index contributed by atoms with van der Waals surface area (Å²) in [5.74, 6) is -1.61. The third-order valence-electron chi connectivity index (χ3n) is 2.72. The van der Waals surface area contributed by atoms with E-state index in [0.717, 1.165) is 7.11 Å². The van der Waals surface area contributed by atoms with Crippen molar-refractivity contribution in [2.75, 3.05) is 13.7 Å². The van der Waals surface area contributed by atoms with E-state index in [2.05, 4.69) is 9.46 Å². The Kier molecular flexibility index (Phi) is 5.50. The van der Waals surface area contributed by atoms with E-state index in [-0.39, 0.29) is 41.4 Å². The van der Waals surface area contributed by atoms with Gasteiger partial charge in [-0.2, -0.15) is 0 Å².